The van der Waals surface area contributed by atoms with Crippen molar-refractivity contribution in [3.8, 4) is 0 Å². The molecule has 0 saturated carbocycles. The van der Waals surface area contributed by atoms with Crippen LogP contribution in [-0.2, 0) is 17.8 Å². The van der Waals surface area contributed by atoms with Crippen LogP contribution >= 0.6 is 0 Å². The molecule has 2 aromatic heterocycles. The van der Waals surface area contributed by atoms with Gasteiger partial charge in [-0.15, -0.1) is 0 Å². The summed E-state index contributed by atoms with van der Waals surface area (Å²) in [4.78, 5) is 29.9. The zero-order chi connectivity index (χ0) is 21.6. The van der Waals surface area contributed by atoms with E-state index in [0.717, 1.165) is 30.1 Å². The number of aryl methyl sites for hydroxylation is 1. The molecule has 2 amide bonds. The third-order valence-corrected chi connectivity index (χ3v) is 5.37. The summed E-state index contributed by atoms with van der Waals surface area (Å²) >= 11 is 0. The number of furan rings is 1. The van der Waals surface area contributed by atoms with Crippen LogP contribution in [0.5, 0.6) is 0 Å². The third-order valence-electron chi connectivity index (χ3n) is 5.37. The van der Waals surface area contributed by atoms with Gasteiger partial charge >= 0.3 is 0 Å². The molecule has 31 heavy (non-hydrogen) atoms. The maximum Gasteiger partial charge on any atom is 0.287 e. The van der Waals surface area contributed by atoms with Crippen LogP contribution < -0.4 is 5.32 Å². The van der Waals surface area contributed by atoms with E-state index >= 15 is 0 Å². The quantitative estimate of drug-likeness (QED) is 0.628. The standard InChI is InChI=1S/C23H26N4O4/c1-17-14-19(31-25-17)16-26-9-11-27(12-10-26)23(29)20(15-18-6-3-2-4-7-18)24-22(28)21-8-5-13-30-21/h2-8,13-14,20H,9-12,15-16H2,1H3,(H,24,28)/t20-/m1/s1. The lowest BCUT2D eigenvalue weighted by Gasteiger charge is -2.36. The Labute approximate surface area is 180 Å². The van der Waals surface area contributed by atoms with Crippen LogP contribution in [0.2, 0.25) is 0 Å². The van der Waals surface area contributed by atoms with Crippen LogP contribution in [0.3, 0.4) is 0 Å². The highest BCUT2D eigenvalue weighted by atomic mass is 16.5. The summed E-state index contributed by atoms with van der Waals surface area (Å²) in [5, 5.41) is 6.78. The van der Waals surface area contributed by atoms with Crippen LogP contribution in [0.25, 0.3) is 0 Å². The first-order chi connectivity index (χ1) is 15.1. The van der Waals surface area contributed by atoms with Gasteiger partial charge in [-0.25, -0.2) is 0 Å². The maximum atomic E-state index is 13.3. The summed E-state index contributed by atoms with van der Waals surface area (Å²) in [6.07, 6.45) is 1.86. The summed E-state index contributed by atoms with van der Waals surface area (Å²) in [7, 11) is 0. The Morgan fingerprint density at radius 3 is 2.52 bits per heavy atom. The number of piperazine rings is 1. The number of rotatable bonds is 7. The second-order valence-corrected chi connectivity index (χ2v) is 7.73. The summed E-state index contributed by atoms with van der Waals surface area (Å²) in [6, 6.07) is 14.2. The first kappa shape index (κ1) is 20.9. The van der Waals surface area contributed by atoms with E-state index in [9.17, 15) is 9.59 Å². The monoisotopic (exact) mass is 422 g/mol. The number of nitrogens with one attached hydrogen (secondary N) is 1. The van der Waals surface area contributed by atoms with Crippen LogP contribution in [0.4, 0.5) is 0 Å². The van der Waals surface area contributed by atoms with Gasteiger partial charge in [-0.05, 0) is 24.6 Å². The van der Waals surface area contributed by atoms with E-state index in [4.69, 9.17) is 8.94 Å². The number of hydrogen-bond donors (Lipinski definition) is 1. The molecule has 0 unspecified atom stereocenters. The molecule has 1 N–H and O–H groups in total. The van der Waals surface area contributed by atoms with Gasteiger partial charge in [-0.3, -0.25) is 14.5 Å². The molecular formula is C23H26N4O4. The normalized spacial score (nSPS) is 15.6. The number of nitrogens with zero attached hydrogens (tertiary/aromatic N) is 3. The van der Waals surface area contributed by atoms with Gasteiger partial charge in [0.05, 0.1) is 18.5 Å². The lowest BCUT2D eigenvalue weighted by molar-refractivity contribution is -0.135. The molecule has 3 aromatic rings. The average molecular weight is 422 g/mol. The van der Waals surface area contributed by atoms with Crippen molar-refractivity contribution in [3.05, 3.63) is 77.6 Å². The third kappa shape index (κ3) is 5.40. The fraction of sp³-hybridized carbons (Fsp3) is 0.348. The molecule has 1 aromatic carbocycles. The molecule has 1 aliphatic heterocycles. The predicted molar refractivity (Wildman–Crippen MR) is 113 cm³/mol. The highest BCUT2D eigenvalue weighted by Crippen LogP contribution is 2.13. The number of aromatic nitrogens is 1. The summed E-state index contributed by atoms with van der Waals surface area (Å²) in [5.41, 5.74) is 1.85. The van der Waals surface area contributed by atoms with E-state index in [1.807, 2.05) is 48.2 Å². The van der Waals surface area contributed by atoms with Crippen LogP contribution in [-0.4, -0.2) is 59.0 Å². The van der Waals surface area contributed by atoms with E-state index in [-0.39, 0.29) is 11.7 Å². The second kappa shape index (κ2) is 9.61. The highest BCUT2D eigenvalue weighted by Gasteiger charge is 2.30. The van der Waals surface area contributed by atoms with Crippen molar-refractivity contribution in [2.24, 2.45) is 0 Å². The molecule has 1 aliphatic rings. The first-order valence-electron chi connectivity index (χ1n) is 10.4. The Hall–Kier alpha value is -3.39. The molecule has 8 heteroatoms. The molecule has 8 nitrogen and oxygen atoms in total. The molecule has 162 valence electrons. The van der Waals surface area contributed by atoms with Gasteiger partial charge in [0.15, 0.2) is 11.5 Å². The Kier molecular flexibility index (Phi) is 6.47. The largest absolute Gasteiger partial charge is 0.459 e. The van der Waals surface area contributed by atoms with Gasteiger partial charge in [-0.1, -0.05) is 35.5 Å². The zero-order valence-corrected chi connectivity index (χ0v) is 17.5. The lowest BCUT2D eigenvalue weighted by Crippen LogP contribution is -2.55. The number of amides is 2. The molecule has 4 rings (SSSR count). The van der Waals surface area contributed by atoms with Crippen molar-refractivity contribution in [2.45, 2.75) is 25.9 Å². The minimum Gasteiger partial charge on any atom is -0.459 e. The number of benzene rings is 1. The van der Waals surface area contributed by atoms with Crippen LogP contribution in [0.15, 0.2) is 63.7 Å². The minimum atomic E-state index is -0.663. The van der Waals surface area contributed by atoms with Gasteiger partial charge < -0.3 is 19.2 Å². The molecule has 0 spiro atoms. The van der Waals surface area contributed by atoms with Gasteiger partial charge in [0.1, 0.15) is 6.04 Å². The van der Waals surface area contributed by atoms with E-state index in [1.165, 1.54) is 6.26 Å². The topological polar surface area (TPSA) is 91.8 Å². The molecule has 0 radical (unpaired) electrons. The summed E-state index contributed by atoms with van der Waals surface area (Å²) in [5.74, 6) is 0.542. The van der Waals surface area contributed by atoms with E-state index in [0.29, 0.717) is 26.1 Å². The highest BCUT2D eigenvalue weighted by molar-refractivity contribution is 5.95. The molecular weight excluding hydrogens is 396 g/mol. The fourth-order valence-electron chi connectivity index (χ4n) is 3.74. The Morgan fingerprint density at radius 1 is 1.10 bits per heavy atom. The van der Waals surface area contributed by atoms with Crippen molar-refractivity contribution in [3.63, 3.8) is 0 Å². The van der Waals surface area contributed by atoms with Gasteiger partial charge in [0.2, 0.25) is 5.91 Å². The van der Waals surface area contributed by atoms with Crippen molar-refractivity contribution in [1.82, 2.24) is 20.3 Å². The number of carbonyl (C=O) groups is 2. The number of hydrogen-bond acceptors (Lipinski definition) is 6. The smallest absolute Gasteiger partial charge is 0.287 e. The van der Waals surface area contributed by atoms with Crippen LogP contribution in [0, 0.1) is 6.92 Å². The molecule has 0 bridgehead atoms. The van der Waals surface area contributed by atoms with Crippen molar-refractivity contribution in [2.75, 3.05) is 26.2 Å². The van der Waals surface area contributed by atoms with E-state index < -0.39 is 11.9 Å². The van der Waals surface area contributed by atoms with E-state index in [2.05, 4.69) is 15.4 Å². The minimum absolute atomic E-state index is 0.0843. The molecule has 1 fully saturated rings. The molecule has 1 atom stereocenters. The number of carbonyl (C=O) groups excluding carboxylic acids is 2. The molecule has 0 aliphatic carbocycles. The van der Waals surface area contributed by atoms with Crippen molar-refractivity contribution < 1.29 is 18.5 Å². The maximum absolute atomic E-state index is 13.3. The fourth-order valence-corrected chi connectivity index (χ4v) is 3.74. The molecule has 1 saturated heterocycles. The lowest BCUT2D eigenvalue weighted by atomic mass is 10.0. The van der Waals surface area contributed by atoms with Gasteiger partial charge in [0, 0.05) is 38.7 Å². The Bertz CT molecular complexity index is 992. The Morgan fingerprint density at radius 2 is 1.87 bits per heavy atom. The second-order valence-electron chi connectivity index (χ2n) is 7.73. The zero-order valence-electron chi connectivity index (χ0n) is 17.5. The van der Waals surface area contributed by atoms with Crippen LogP contribution in [0.1, 0.15) is 27.6 Å². The summed E-state index contributed by atoms with van der Waals surface area (Å²) in [6.45, 7) is 5.21. The van der Waals surface area contributed by atoms with E-state index in [1.54, 1.807) is 12.1 Å². The predicted octanol–water partition coefficient (Wildman–Crippen LogP) is 2.26. The van der Waals surface area contributed by atoms with Gasteiger partial charge in [0.25, 0.3) is 5.91 Å². The summed E-state index contributed by atoms with van der Waals surface area (Å²) < 4.78 is 10.5. The van der Waals surface area contributed by atoms with Crippen molar-refractivity contribution >= 4 is 11.8 Å². The first-order valence-corrected chi connectivity index (χ1v) is 10.4. The SMILES string of the molecule is Cc1cc(CN2CCN(C(=O)[C@@H](Cc3ccccc3)NC(=O)c3ccco3)CC2)on1. The Balaban J connectivity index is 1.39. The molecule has 3 heterocycles. The van der Waals surface area contributed by atoms with Crippen molar-refractivity contribution in [1.29, 1.82) is 0 Å². The van der Waals surface area contributed by atoms with Gasteiger partial charge in [-0.2, -0.15) is 0 Å². The average Bonchev–Trinajstić information content (AvgIpc) is 3.46.